The molecule has 0 aliphatic heterocycles. The minimum atomic E-state index is 0.595. The lowest BCUT2D eigenvalue weighted by molar-refractivity contribution is -0.0745. The van der Waals surface area contributed by atoms with Gasteiger partial charge in [-0.2, -0.15) is 0 Å². The van der Waals surface area contributed by atoms with E-state index in [1.165, 1.54) is 19.3 Å². The summed E-state index contributed by atoms with van der Waals surface area (Å²) >= 11 is 0. The zero-order chi connectivity index (χ0) is 7.42. The topological polar surface area (TPSA) is 9.23 Å². The van der Waals surface area contributed by atoms with E-state index >= 15 is 0 Å². The van der Waals surface area contributed by atoms with E-state index in [0.717, 1.165) is 17.8 Å². The highest BCUT2D eigenvalue weighted by molar-refractivity contribution is 5.31. The molecule has 0 N–H and O–H groups in total. The number of allylic oxidation sites excluding steroid dienone is 1. The van der Waals surface area contributed by atoms with Gasteiger partial charge < -0.3 is 4.74 Å². The first-order valence-corrected chi connectivity index (χ1v) is 4.63. The van der Waals surface area contributed by atoms with Crippen LogP contribution < -0.4 is 0 Å². The van der Waals surface area contributed by atoms with Crippen LogP contribution in [0.1, 0.15) is 19.3 Å². The van der Waals surface area contributed by atoms with Crippen LogP contribution >= 0.6 is 0 Å². The van der Waals surface area contributed by atoms with Crippen LogP contribution in [-0.4, -0.2) is 13.2 Å². The Morgan fingerprint density at radius 1 is 1.36 bits per heavy atom. The van der Waals surface area contributed by atoms with E-state index in [2.05, 4.69) is 6.08 Å². The lowest BCUT2D eigenvalue weighted by Gasteiger charge is -2.56. The molecule has 0 aromatic carbocycles. The molecule has 0 aromatic heterocycles. The van der Waals surface area contributed by atoms with Crippen LogP contribution in [0.4, 0.5) is 0 Å². The molecule has 2 atom stereocenters. The highest BCUT2D eigenvalue weighted by atomic mass is 16.5. The van der Waals surface area contributed by atoms with Crippen LogP contribution in [0.15, 0.2) is 11.6 Å². The van der Waals surface area contributed by atoms with Gasteiger partial charge >= 0.3 is 0 Å². The number of fused-ring (bicyclic) bond motifs is 1. The predicted octanol–water partition coefficient (Wildman–Crippen LogP) is 1.99. The SMILES string of the molecule is COC1C2CC3CC=C2C1C3. The summed E-state index contributed by atoms with van der Waals surface area (Å²) in [5.74, 6) is 2.67. The maximum atomic E-state index is 5.46. The summed E-state index contributed by atoms with van der Waals surface area (Å²) in [6.45, 7) is 0. The summed E-state index contributed by atoms with van der Waals surface area (Å²) in [4.78, 5) is 0. The maximum Gasteiger partial charge on any atom is 0.0702 e. The van der Waals surface area contributed by atoms with Gasteiger partial charge in [-0.3, -0.25) is 0 Å². The molecule has 2 unspecified atom stereocenters. The summed E-state index contributed by atoms with van der Waals surface area (Å²) in [5.41, 5.74) is 1.74. The number of ether oxygens (including phenoxy) is 1. The van der Waals surface area contributed by atoms with Crippen LogP contribution in [0.2, 0.25) is 0 Å². The van der Waals surface area contributed by atoms with Gasteiger partial charge in [0.25, 0.3) is 0 Å². The van der Waals surface area contributed by atoms with Gasteiger partial charge in [-0.25, -0.2) is 0 Å². The molecular weight excluding hydrogens is 136 g/mol. The summed E-state index contributed by atoms with van der Waals surface area (Å²) in [6, 6.07) is 0. The van der Waals surface area contributed by atoms with Crippen molar-refractivity contribution in [2.24, 2.45) is 17.8 Å². The third-order valence-electron chi connectivity index (χ3n) is 3.78. The van der Waals surface area contributed by atoms with E-state index < -0.39 is 0 Å². The molecule has 1 heteroatoms. The van der Waals surface area contributed by atoms with E-state index in [0.29, 0.717) is 6.10 Å². The molecule has 3 saturated carbocycles. The smallest absolute Gasteiger partial charge is 0.0702 e. The fourth-order valence-corrected chi connectivity index (χ4v) is 3.30. The van der Waals surface area contributed by atoms with Crippen LogP contribution in [-0.2, 0) is 4.74 Å². The minimum absolute atomic E-state index is 0.595. The van der Waals surface area contributed by atoms with Crippen molar-refractivity contribution in [1.82, 2.24) is 0 Å². The van der Waals surface area contributed by atoms with Crippen molar-refractivity contribution in [3.05, 3.63) is 11.6 Å². The van der Waals surface area contributed by atoms with E-state index in [-0.39, 0.29) is 0 Å². The minimum Gasteiger partial charge on any atom is -0.380 e. The molecule has 1 nitrogen and oxygen atoms in total. The first kappa shape index (κ1) is 6.24. The van der Waals surface area contributed by atoms with Gasteiger partial charge in [-0.05, 0) is 25.2 Å². The van der Waals surface area contributed by atoms with Crippen molar-refractivity contribution in [1.29, 1.82) is 0 Å². The molecule has 5 rings (SSSR count). The molecule has 3 fully saturated rings. The third kappa shape index (κ3) is 0.610. The van der Waals surface area contributed by atoms with Gasteiger partial charge in [0.15, 0.2) is 0 Å². The maximum absolute atomic E-state index is 5.46. The second-order valence-corrected chi connectivity index (χ2v) is 4.19. The van der Waals surface area contributed by atoms with Crippen molar-refractivity contribution < 1.29 is 4.74 Å². The lowest BCUT2D eigenvalue weighted by Crippen LogP contribution is -2.53. The summed E-state index contributed by atoms with van der Waals surface area (Å²) in [6.07, 6.45) is 7.26. The van der Waals surface area contributed by atoms with Crippen molar-refractivity contribution >= 4 is 0 Å². The van der Waals surface area contributed by atoms with E-state index in [9.17, 15) is 0 Å². The summed E-state index contributed by atoms with van der Waals surface area (Å²) < 4.78 is 5.46. The van der Waals surface area contributed by atoms with E-state index in [1.54, 1.807) is 5.57 Å². The van der Waals surface area contributed by atoms with Gasteiger partial charge in [0.05, 0.1) is 6.10 Å². The van der Waals surface area contributed by atoms with Crippen LogP contribution in [0.5, 0.6) is 0 Å². The molecule has 0 saturated heterocycles. The average Bonchev–Trinajstić information content (AvgIpc) is 2.06. The monoisotopic (exact) mass is 150 g/mol. The van der Waals surface area contributed by atoms with Gasteiger partial charge in [-0.15, -0.1) is 0 Å². The molecular formula is C10H14O. The average molecular weight is 150 g/mol. The predicted molar refractivity (Wildman–Crippen MR) is 43.2 cm³/mol. The zero-order valence-corrected chi connectivity index (χ0v) is 6.92. The molecule has 5 aliphatic carbocycles. The first-order chi connectivity index (χ1) is 5.40. The molecule has 5 aliphatic rings. The molecule has 4 bridgehead atoms. The van der Waals surface area contributed by atoms with Crippen molar-refractivity contribution in [2.45, 2.75) is 25.4 Å². The first-order valence-electron chi connectivity index (χ1n) is 4.63. The molecule has 0 spiro atoms. The second-order valence-electron chi connectivity index (χ2n) is 4.19. The van der Waals surface area contributed by atoms with Crippen molar-refractivity contribution in [2.75, 3.05) is 7.11 Å². The van der Waals surface area contributed by atoms with Crippen LogP contribution in [0.3, 0.4) is 0 Å². The van der Waals surface area contributed by atoms with E-state index in [1.807, 2.05) is 7.11 Å². The standard InChI is InChI=1S/C10H14O/c1-11-10-8-4-6-2-3-7(8)9(10)5-6/h3,6,8-10H,2,4-5H2,1H3. The largest absolute Gasteiger partial charge is 0.380 e. The highest BCUT2D eigenvalue weighted by Crippen LogP contribution is 2.57. The Kier molecular flexibility index (Phi) is 1.07. The Balaban J connectivity index is 1.94. The molecule has 0 heterocycles. The fraction of sp³-hybridized carbons (Fsp3) is 0.800. The third-order valence-corrected chi connectivity index (χ3v) is 3.78. The molecule has 11 heavy (non-hydrogen) atoms. The number of hydrogen-bond acceptors (Lipinski definition) is 1. The molecule has 0 amide bonds. The van der Waals surface area contributed by atoms with E-state index in [4.69, 9.17) is 4.74 Å². The Hall–Kier alpha value is -0.300. The Morgan fingerprint density at radius 3 is 2.55 bits per heavy atom. The Morgan fingerprint density at radius 2 is 2.09 bits per heavy atom. The number of hydrogen-bond donors (Lipinski definition) is 0. The molecule has 60 valence electrons. The van der Waals surface area contributed by atoms with Gasteiger partial charge in [-0.1, -0.05) is 11.6 Å². The Labute approximate surface area is 67.4 Å². The van der Waals surface area contributed by atoms with Gasteiger partial charge in [0.1, 0.15) is 0 Å². The fourth-order valence-electron chi connectivity index (χ4n) is 3.30. The summed E-state index contributed by atoms with van der Waals surface area (Å²) in [5, 5.41) is 0. The van der Waals surface area contributed by atoms with Gasteiger partial charge in [0, 0.05) is 18.9 Å². The van der Waals surface area contributed by atoms with Crippen LogP contribution in [0, 0.1) is 17.8 Å². The van der Waals surface area contributed by atoms with Crippen molar-refractivity contribution in [3.63, 3.8) is 0 Å². The normalized spacial score (nSPS) is 51.9. The zero-order valence-electron chi connectivity index (χ0n) is 6.92. The number of methoxy groups -OCH3 is 1. The van der Waals surface area contributed by atoms with Gasteiger partial charge in [0.2, 0.25) is 0 Å². The molecule has 0 radical (unpaired) electrons. The molecule has 0 aromatic rings. The Bertz CT molecular complexity index is 203. The van der Waals surface area contributed by atoms with Crippen LogP contribution in [0.25, 0.3) is 0 Å². The summed E-state index contributed by atoms with van der Waals surface area (Å²) in [7, 11) is 1.86. The highest BCUT2D eigenvalue weighted by Gasteiger charge is 2.53. The van der Waals surface area contributed by atoms with Crippen molar-refractivity contribution in [3.8, 4) is 0 Å². The quantitative estimate of drug-likeness (QED) is 0.519. The number of rotatable bonds is 1. The second kappa shape index (κ2) is 1.89. The lowest BCUT2D eigenvalue weighted by atomic mass is 9.52.